The summed E-state index contributed by atoms with van der Waals surface area (Å²) < 4.78 is 47.4. The molecule has 0 aliphatic rings. The first-order valence-corrected chi connectivity index (χ1v) is 13.8. The van der Waals surface area contributed by atoms with Gasteiger partial charge in [0.15, 0.2) is 11.6 Å². The summed E-state index contributed by atoms with van der Waals surface area (Å²) in [6.45, 7) is 7.73. The molecular weight excluding hydrogens is 526 g/mol. The van der Waals surface area contributed by atoms with E-state index in [1.807, 2.05) is 18.7 Å². The van der Waals surface area contributed by atoms with E-state index in [2.05, 4.69) is 9.71 Å². The topological polar surface area (TPSA) is 97.6 Å². The Labute approximate surface area is 221 Å². The van der Waals surface area contributed by atoms with E-state index >= 15 is 0 Å². The van der Waals surface area contributed by atoms with Crippen LogP contribution in [-0.4, -0.2) is 43.7 Å². The lowest BCUT2D eigenvalue weighted by Crippen LogP contribution is -2.31. The van der Waals surface area contributed by atoms with Crippen LogP contribution < -0.4 is 15.2 Å². The van der Waals surface area contributed by atoms with Crippen molar-refractivity contribution in [1.82, 2.24) is 9.88 Å². The molecule has 1 heterocycles. The van der Waals surface area contributed by atoms with E-state index in [1.165, 1.54) is 12.1 Å². The fourth-order valence-corrected chi connectivity index (χ4v) is 5.40. The van der Waals surface area contributed by atoms with Gasteiger partial charge in [0, 0.05) is 34.6 Å². The molecule has 3 aromatic rings. The van der Waals surface area contributed by atoms with E-state index in [0.717, 1.165) is 18.7 Å². The van der Waals surface area contributed by atoms with E-state index in [-0.39, 0.29) is 27.4 Å². The minimum Gasteiger partial charge on any atom is -0.482 e. The van der Waals surface area contributed by atoms with E-state index in [0.29, 0.717) is 23.4 Å². The number of ether oxygens (including phenoxy) is 1. The van der Waals surface area contributed by atoms with Gasteiger partial charge in [-0.2, -0.15) is 0 Å². The molecule has 36 heavy (non-hydrogen) atoms. The number of halogens is 3. The number of benzene rings is 2. The largest absolute Gasteiger partial charge is 0.482 e. The summed E-state index contributed by atoms with van der Waals surface area (Å²) in [5.41, 5.74) is 8.24. The van der Waals surface area contributed by atoms with Crippen LogP contribution in [0.15, 0.2) is 48.7 Å². The smallest absolute Gasteiger partial charge is 0.233 e. The standard InChI is InChI=1S/C25H29Cl2FN4O3S/c1-4-32(5-2)12-13-36(33,34)31-19-8-6-17(7-9-19)18-14-22(25(29)30-15-18)35-16(3)23-20(26)10-11-21(28)24(23)27/h6-11,14-16,31H,4-5,12-13H2,1-3H3,(H2,29,30). The van der Waals surface area contributed by atoms with Crippen LogP contribution in [0.4, 0.5) is 15.9 Å². The predicted octanol–water partition coefficient (Wildman–Crippen LogP) is 6.00. The van der Waals surface area contributed by atoms with E-state index in [9.17, 15) is 12.8 Å². The third-order valence-corrected chi connectivity index (χ3v) is 7.71. The Bertz CT molecular complexity index is 1300. The van der Waals surface area contributed by atoms with Crippen molar-refractivity contribution in [2.24, 2.45) is 0 Å². The molecule has 11 heteroatoms. The van der Waals surface area contributed by atoms with Gasteiger partial charge >= 0.3 is 0 Å². The zero-order chi connectivity index (χ0) is 26.5. The summed E-state index contributed by atoms with van der Waals surface area (Å²) in [6, 6.07) is 11.2. The SMILES string of the molecule is CCN(CC)CCS(=O)(=O)Nc1ccc(-c2cnc(N)c(OC(C)c3c(Cl)ccc(F)c3Cl)c2)cc1. The number of nitrogens with two attached hydrogens (primary N) is 1. The number of rotatable bonds is 11. The minimum atomic E-state index is -3.48. The van der Waals surface area contributed by atoms with Crippen molar-refractivity contribution in [2.45, 2.75) is 26.9 Å². The lowest BCUT2D eigenvalue weighted by atomic mass is 10.1. The van der Waals surface area contributed by atoms with Gasteiger partial charge in [0.1, 0.15) is 11.9 Å². The minimum absolute atomic E-state index is 0.0105. The van der Waals surface area contributed by atoms with Gasteiger partial charge < -0.3 is 15.4 Å². The van der Waals surface area contributed by atoms with Crippen molar-refractivity contribution in [3.63, 3.8) is 0 Å². The van der Waals surface area contributed by atoms with Crippen LogP contribution in [0.3, 0.4) is 0 Å². The maximum absolute atomic E-state index is 13.9. The maximum Gasteiger partial charge on any atom is 0.233 e. The summed E-state index contributed by atoms with van der Waals surface area (Å²) in [4.78, 5) is 6.25. The number of hydrogen-bond donors (Lipinski definition) is 2. The Morgan fingerprint density at radius 1 is 1.11 bits per heavy atom. The average molecular weight is 556 g/mol. The van der Waals surface area contributed by atoms with Crippen LogP contribution in [0.5, 0.6) is 5.75 Å². The highest BCUT2D eigenvalue weighted by Crippen LogP contribution is 2.37. The number of hydrogen-bond acceptors (Lipinski definition) is 6. The molecule has 3 N–H and O–H groups in total. The second-order valence-corrected chi connectivity index (χ2v) is 10.8. The van der Waals surface area contributed by atoms with Crippen molar-refractivity contribution in [3.8, 4) is 16.9 Å². The van der Waals surface area contributed by atoms with Crippen molar-refractivity contribution in [2.75, 3.05) is 35.8 Å². The zero-order valence-electron chi connectivity index (χ0n) is 20.3. The quantitative estimate of drug-likeness (QED) is 0.282. The first-order valence-electron chi connectivity index (χ1n) is 11.4. The molecule has 194 valence electrons. The Hall–Kier alpha value is -2.59. The van der Waals surface area contributed by atoms with Crippen LogP contribution in [-0.2, 0) is 10.0 Å². The second-order valence-electron chi connectivity index (χ2n) is 8.15. The summed E-state index contributed by atoms with van der Waals surface area (Å²) >= 11 is 12.3. The molecule has 0 bridgehead atoms. The number of aromatic nitrogens is 1. The van der Waals surface area contributed by atoms with E-state index in [4.69, 9.17) is 33.7 Å². The van der Waals surface area contributed by atoms with E-state index in [1.54, 1.807) is 43.5 Å². The Kier molecular flexibility index (Phi) is 9.41. The number of nitrogens with one attached hydrogen (secondary N) is 1. The molecule has 3 rings (SSSR count). The van der Waals surface area contributed by atoms with Crippen molar-refractivity contribution < 1.29 is 17.5 Å². The number of sulfonamides is 1. The highest BCUT2D eigenvalue weighted by Gasteiger charge is 2.20. The molecule has 1 atom stereocenters. The summed E-state index contributed by atoms with van der Waals surface area (Å²) in [5, 5.41) is 0.152. The number of pyridine rings is 1. The molecule has 1 unspecified atom stereocenters. The van der Waals surface area contributed by atoms with Crippen LogP contribution in [0.2, 0.25) is 10.0 Å². The Balaban J connectivity index is 1.75. The van der Waals surface area contributed by atoms with Gasteiger partial charge in [-0.1, -0.05) is 49.2 Å². The van der Waals surface area contributed by atoms with Gasteiger partial charge in [-0.25, -0.2) is 17.8 Å². The molecule has 1 aromatic heterocycles. The molecule has 0 aliphatic carbocycles. The van der Waals surface area contributed by atoms with Crippen molar-refractivity contribution >= 4 is 44.7 Å². The van der Waals surface area contributed by atoms with Gasteiger partial charge in [0.25, 0.3) is 0 Å². The third kappa shape index (κ3) is 7.00. The van der Waals surface area contributed by atoms with Crippen LogP contribution in [0.1, 0.15) is 32.4 Å². The molecule has 7 nitrogen and oxygen atoms in total. The molecule has 0 fully saturated rings. The molecular formula is C25H29Cl2FN4O3S. The molecule has 0 aliphatic heterocycles. The predicted molar refractivity (Wildman–Crippen MR) is 145 cm³/mol. The summed E-state index contributed by atoms with van der Waals surface area (Å²) in [5.74, 6) is -0.171. The van der Waals surface area contributed by atoms with E-state index < -0.39 is 21.9 Å². The fraction of sp³-hybridized carbons (Fsp3) is 0.320. The van der Waals surface area contributed by atoms with Crippen molar-refractivity contribution in [1.29, 1.82) is 0 Å². The molecule has 0 saturated heterocycles. The zero-order valence-corrected chi connectivity index (χ0v) is 22.6. The molecule has 0 spiro atoms. The van der Waals surface area contributed by atoms with Gasteiger partial charge in [-0.15, -0.1) is 0 Å². The number of nitrogens with zero attached hydrogens (tertiary/aromatic N) is 2. The first kappa shape index (κ1) is 28.0. The van der Waals surface area contributed by atoms with Gasteiger partial charge in [-0.3, -0.25) is 4.72 Å². The fourth-order valence-electron chi connectivity index (χ4n) is 3.62. The summed E-state index contributed by atoms with van der Waals surface area (Å²) in [7, 11) is -3.48. The normalized spacial score (nSPS) is 12.5. The summed E-state index contributed by atoms with van der Waals surface area (Å²) in [6.07, 6.45) is 0.881. The molecule has 0 saturated carbocycles. The van der Waals surface area contributed by atoms with Gasteiger partial charge in [-0.05, 0) is 55.9 Å². The lowest BCUT2D eigenvalue weighted by molar-refractivity contribution is 0.227. The lowest BCUT2D eigenvalue weighted by Gasteiger charge is -2.19. The number of anilines is 2. The highest BCUT2D eigenvalue weighted by atomic mass is 35.5. The molecule has 0 radical (unpaired) electrons. The molecule has 2 aromatic carbocycles. The van der Waals surface area contributed by atoms with Crippen molar-refractivity contribution in [3.05, 3.63) is 70.1 Å². The highest BCUT2D eigenvalue weighted by molar-refractivity contribution is 7.92. The average Bonchev–Trinajstić information content (AvgIpc) is 2.84. The monoisotopic (exact) mass is 554 g/mol. The van der Waals surface area contributed by atoms with Gasteiger partial charge in [0.05, 0.1) is 10.8 Å². The second kappa shape index (κ2) is 12.1. The van der Waals surface area contributed by atoms with Crippen LogP contribution in [0, 0.1) is 5.82 Å². The van der Waals surface area contributed by atoms with Crippen LogP contribution in [0.25, 0.3) is 11.1 Å². The Morgan fingerprint density at radius 3 is 2.42 bits per heavy atom. The first-order chi connectivity index (χ1) is 17.0. The number of nitrogen functional groups attached to an aromatic ring is 1. The maximum atomic E-state index is 13.9. The van der Waals surface area contributed by atoms with Crippen LogP contribution >= 0.6 is 23.2 Å². The van der Waals surface area contributed by atoms with Gasteiger partial charge in [0.2, 0.25) is 10.0 Å². The molecule has 0 amide bonds. The third-order valence-electron chi connectivity index (χ3n) is 5.73. The Morgan fingerprint density at radius 2 is 1.78 bits per heavy atom.